The minimum atomic E-state index is -3.53. The van der Waals surface area contributed by atoms with Crippen molar-refractivity contribution in [2.75, 3.05) is 25.3 Å². The van der Waals surface area contributed by atoms with Crippen molar-refractivity contribution in [2.45, 2.75) is 6.04 Å². The summed E-state index contributed by atoms with van der Waals surface area (Å²) in [7, 11) is -0.267. The number of anilines is 1. The molecule has 3 aromatic heterocycles. The lowest BCUT2D eigenvalue weighted by atomic mass is 10.1. The lowest BCUT2D eigenvalue weighted by molar-refractivity contribution is -0.119. The molecule has 0 aliphatic heterocycles. The molecule has 2 N–H and O–H groups in total. The van der Waals surface area contributed by atoms with E-state index >= 15 is 0 Å². The van der Waals surface area contributed by atoms with Crippen molar-refractivity contribution in [3.63, 3.8) is 0 Å². The normalized spacial score (nSPS) is 12.3. The highest BCUT2D eigenvalue weighted by Crippen LogP contribution is 2.28. The van der Waals surface area contributed by atoms with Crippen LogP contribution in [0.15, 0.2) is 60.5 Å². The predicted octanol–water partition coefficient (Wildman–Crippen LogP) is 2.20. The largest absolute Gasteiger partial charge is 0.382 e. The Morgan fingerprint density at radius 1 is 1.17 bits per heavy atom. The summed E-state index contributed by atoms with van der Waals surface area (Å²) in [5, 5.41) is 11.7. The minimum absolute atomic E-state index is 0.0876. The van der Waals surface area contributed by atoms with Crippen molar-refractivity contribution in [2.24, 2.45) is 7.05 Å². The first kappa shape index (κ1) is 25.3. The van der Waals surface area contributed by atoms with Crippen LogP contribution in [0.5, 0.6) is 0 Å². The average molecular weight is 529 g/mol. The number of rotatable bonds is 9. The van der Waals surface area contributed by atoms with Gasteiger partial charge >= 0.3 is 0 Å². The summed E-state index contributed by atoms with van der Waals surface area (Å²) in [4.78, 5) is 30.0. The Hall–Kier alpha value is -3.81. The van der Waals surface area contributed by atoms with Gasteiger partial charge in [-0.1, -0.05) is 18.2 Å². The van der Waals surface area contributed by atoms with Gasteiger partial charge in [-0.15, -0.1) is 11.3 Å². The lowest BCUT2D eigenvalue weighted by Gasteiger charge is -2.16. The molecule has 13 heteroatoms. The van der Waals surface area contributed by atoms with Gasteiger partial charge in [0.1, 0.15) is 6.04 Å². The van der Waals surface area contributed by atoms with Crippen molar-refractivity contribution >= 4 is 38.3 Å². The summed E-state index contributed by atoms with van der Waals surface area (Å²) < 4.78 is 31.0. The van der Waals surface area contributed by atoms with E-state index in [2.05, 4.69) is 20.7 Å². The first-order chi connectivity index (χ1) is 17.1. The van der Waals surface area contributed by atoms with Crippen molar-refractivity contribution in [1.29, 1.82) is 0 Å². The number of ether oxygens (including phenoxy) is 1. The quantitative estimate of drug-likeness (QED) is 0.340. The molecule has 3 heterocycles. The van der Waals surface area contributed by atoms with Gasteiger partial charge in [-0.05, 0) is 17.7 Å². The molecule has 0 aliphatic carbocycles. The van der Waals surface area contributed by atoms with Crippen LogP contribution in [-0.2, 0) is 26.6 Å². The zero-order chi connectivity index (χ0) is 25.9. The second-order valence-corrected chi connectivity index (χ2v) is 10.7. The number of aromatic nitrogens is 4. The summed E-state index contributed by atoms with van der Waals surface area (Å²) in [5.74, 6) is -1.13. The SMILES string of the molecule is COC[C@H](NC(=O)c1ccn(S(C)(=O)=O)c1)C(=O)Nc1nc(-c2cccc(-c3cnn(C)c3)c2)cs1. The van der Waals surface area contributed by atoms with E-state index in [0.717, 1.165) is 26.9 Å². The molecule has 0 fully saturated rings. The van der Waals surface area contributed by atoms with E-state index in [4.69, 9.17) is 4.74 Å². The Kier molecular flexibility index (Phi) is 7.33. The van der Waals surface area contributed by atoms with Gasteiger partial charge in [0, 0.05) is 49.3 Å². The van der Waals surface area contributed by atoms with Gasteiger partial charge in [-0.25, -0.2) is 13.4 Å². The maximum Gasteiger partial charge on any atom is 0.253 e. The molecule has 188 valence electrons. The number of amides is 2. The Morgan fingerprint density at radius 2 is 1.94 bits per heavy atom. The van der Waals surface area contributed by atoms with E-state index in [-0.39, 0.29) is 12.2 Å². The van der Waals surface area contributed by atoms with E-state index < -0.39 is 27.9 Å². The van der Waals surface area contributed by atoms with E-state index in [1.807, 2.05) is 42.9 Å². The fourth-order valence-corrected chi connectivity index (χ4v) is 4.70. The highest BCUT2D eigenvalue weighted by molar-refractivity contribution is 7.89. The van der Waals surface area contributed by atoms with Crippen LogP contribution in [0.1, 0.15) is 10.4 Å². The molecule has 1 atom stereocenters. The number of aryl methyl sites for hydroxylation is 1. The molecule has 0 radical (unpaired) electrons. The zero-order valence-corrected chi connectivity index (χ0v) is 21.3. The second kappa shape index (κ2) is 10.4. The summed E-state index contributed by atoms with van der Waals surface area (Å²) >= 11 is 1.25. The first-order valence-electron chi connectivity index (χ1n) is 10.7. The van der Waals surface area contributed by atoms with E-state index in [1.165, 1.54) is 36.9 Å². The molecule has 0 unspecified atom stereocenters. The average Bonchev–Trinajstić information content (AvgIpc) is 3.59. The molecule has 0 saturated heterocycles. The van der Waals surface area contributed by atoms with Crippen molar-refractivity contribution < 1.29 is 22.7 Å². The Bertz CT molecular complexity index is 1500. The van der Waals surface area contributed by atoms with Crippen LogP contribution < -0.4 is 10.6 Å². The van der Waals surface area contributed by atoms with Gasteiger partial charge in [0.2, 0.25) is 10.0 Å². The van der Waals surface area contributed by atoms with Crippen LogP contribution in [0.25, 0.3) is 22.4 Å². The number of benzene rings is 1. The number of nitrogens with one attached hydrogen (secondary N) is 2. The van der Waals surface area contributed by atoms with Gasteiger partial charge in [-0.2, -0.15) is 5.10 Å². The molecule has 4 rings (SSSR count). The summed E-state index contributed by atoms with van der Waals surface area (Å²) in [6.45, 7) is -0.0876. The van der Waals surface area contributed by atoms with E-state index in [1.54, 1.807) is 10.9 Å². The third-order valence-corrected chi connectivity index (χ3v) is 6.95. The summed E-state index contributed by atoms with van der Waals surface area (Å²) in [6.07, 6.45) is 7.17. The highest BCUT2D eigenvalue weighted by Gasteiger charge is 2.23. The maximum atomic E-state index is 12.9. The number of methoxy groups -OCH3 is 1. The number of carbonyl (C=O) groups excluding carboxylic acids is 2. The van der Waals surface area contributed by atoms with Gasteiger partial charge in [-0.3, -0.25) is 18.2 Å². The molecule has 0 bridgehead atoms. The molecular formula is C23H24N6O5S2. The van der Waals surface area contributed by atoms with Gasteiger partial charge < -0.3 is 15.4 Å². The topological polar surface area (TPSA) is 137 Å². The van der Waals surface area contributed by atoms with E-state index in [9.17, 15) is 18.0 Å². The number of thiazole rings is 1. The van der Waals surface area contributed by atoms with E-state index in [0.29, 0.717) is 10.8 Å². The molecule has 2 amide bonds. The minimum Gasteiger partial charge on any atom is -0.382 e. The van der Waals surface area contributed by atoms with Crippen molar-refractivity contribution in [3.05, 3.63) is 66.1 Å². The molecule has 0 spiro atoms. The Morgan fingerprint density at radius 3 is 2.61 bits per heavy atom. The van der Waals surface area contributed by atoms with Gasteiger partial charge in [0.15, 0.2) is 5.13 Å². The maximum absolute atomic E-state index is 12.9. The monoisotopic (exact) mass is 528 g/mol. The first-order valence-corrected chi connectivity index (χ1v) is 13.4. The smallest absolute Gasteiger partial charge is 0.253 e. The number of carbonyl (C=O) groups is 2. The predicted molar refractivity (Wildman–Crippen MR) is 136 cm³/mol. The molecule has 1 aromatic carbocycles. The molecule has 0 saturated carbocycles. The van der Waals surface area contributed by atoms with Crippen LogP contribution in [-0.4, -0.2) is 65.0 Å². The molecular weight excluding hydrogens is 504 g/mol. The van der Waals surface area contributed by atoms with Crippen molar-refractivity contribution in [3.8, 4) is 22.4 Å². The third-order valence-electron chi connectivity index (χ3n) is 5.20. The van der Waals surface area contributed by atoms with Gasteiger partial charge in [0.05, 0.1) is 30.3 Å². The second-order valence-electron chi connectivity index (χ2n) is 7.99. The third kappa shape index (κ3) is 5.87. The fraction of sp³-hybridized carbons (Fsp3) is 0.217. The van der Waals surface area contributed by atoms with Crippen LogP contribution in [0.4, 0.5) is 5.13 Å². The van der Waals surface area contributed by atoms with Crippen LogP contribution in [0, 0.1) is 0 Å². The van der Waals surface area contributed by atoms with Crippen molar-refractivity contribution in [1.82, 2.24) is 24.1 Å². The summed E-state index contributed by atoms with van der Waals surface area (Å²) in [5.41, 5.74) is 3.64. The fourth-order valence-electron chi connectivity index (χ4n) is 3.39. The number of hydrogen-bond donors (Lipinski definition) is 2. The van der Waals surface area contributed by atoms with Crippen LogP contribution in [0.3, 0.4) is 0 Å². The molecule has 36 heavy (non-hydrogen) atoms. The molecule has 11 nitrogen and oxygen atoms in total. The Balaban J connectivity index is 1.45. The lowest BCUT2D eigenvalue weighted by Crippen LogP contribution is -2.46. The standard InChI is InChI=1S/C23H24N6O5S2/c1-28-11-18(10-24-28)15-5-4-6-16(9-15)20-14-35-23(26-20)27-22(31)19(13-34-2)25-21(30)17-7-8-29(12-17)36(3,32)33/h4-12,14,19H,13H2,1-3H3,(H,25,30)(H,26,27,31)/t19-/m0/s1. The number of hydrogen-bond acceptors (Lipinski definition) is 8. The van der Waals surface area contributed by atoms with Crippen LogP contribution >= 0.6 is 11.3 Å². The molecule has 0 aliphatic rings. The van der Waals surface area contributed by atoms with Gasteiger partial charge in [0.25, 0.3) is 11.8 Å². The molecule has 4 aromatic rings. The van der Waals surface area contributed by atoms with Crippen LogP contribution in [0.2, 0.25) is 0 Å². The Labute approximate surface area is 211 Å². The zero-order valence-electron chi connectivity index (χ0n) is 19.7. The summed E-state index contributed by atoms with van der Waals surface area (Å²) in [6, 6.07) is 8.16. The number of nitrogens with zero attached hydrogens (tertiary/aromatic N) is 4. The highest BCUT2D eigenvalue weighted by atomic mass is 32.2.